The first-order chi connectivity index (χ1) is 11.0. The van der Waals surface area contributed by atoms with Gasteiger partial charge in [-0.3, -0.25) is 0 Å². The van der Waals surface area contributed by atoms with Gasteiger partial charge in [0, 0.05) is 70.7 Å². The van der Waals surface area contributed by atoms with Crippen LogP contribution in [0.3, 0.4) is 0 Å². The van der Waals surface area contributed by atoms with Gasteiger partial charge in [-0.2, -0.15) is 0 Å². The summed E-state index contributed by atoms with van der Waals surface area (Å²) in [4.78, 5) is 21.1. The molecule has 0 unspecified atom stereocenters. The molecule has 0 aliphatic rings. The van der Waals surface area contributed by atoms with Gasteiger partial charge in [0.1, 0.15) is 0 Å². The van der Waals surface area contributed by atoms with Crippen LogP contribution in [0.25, 0.3) is 0 Å². The van der Waals surface area contributed by atoms with Crippen LogP contribution in [-0.4, -0.2) is 86.4 Å². The van der Waals surface area contributed by atoms with Gasteiger partial charge in [0.05, 0.1) is 0 Å². The molecule has 26 heavy (non-hydrogen) atoms. The van der Waals surface area contributed by atoms with Gasteiger partial charge in [-0.25, -0.2) is 0 Å². The van der Waals surface area contributed by atoms with E-state index >= 15 is 0 Å². The van der Waals surface area contributed by atoms with Crippen LogP contribution < -0.4 is 0 Å². The van der Waals surface area contributed by atoms with Crippen molar-refractivity contribution in [1.29, 1.82) is 0 Å². The minimum atomic E-state index is -0.708. The summed E-state index contributed by atoms with van der Waals surface area (Å²) in [5.74, 6) is -3.58. The zero-order valence-corrected chi connectivity index (χ0v) is 20.2. The molecule has 12 heteroatoms. The Bertz CT molecular complexity index is 702. The Labute approximate surface area is 236 Å². The largest absolute Gasteiger partial charge is 2.00 e. The topological polar surface area (TPSA) is 156 Å². The van der Waals surface area contributed by atoms with Gasteiger partial charge in [-0.05, 0) is 24.3 Å². The van der Waals surface area contributed by atoms with Crippen molar-refractivity contribution < 1.29 is 89.6 Å². The maximum absolute atomic E-state index is 10.6. The number of aromatic hydroxyl groups is 6. The Balaban J connectivity index is 0. The average Bonchev–Trinajstić information content (AvgIpc) is 2.49. The molecule has 2 aromatic rings. The first kappa shape index (κ1) is 28.3. The standard InChI is InChI=1S/2C7H6O4S.Eu.Sr/c2*8-4-1-3(7(11)12)2-5(9)6(4)10;;/h2*1-2,8-10H,(H,11,12);;/q;;;+2/p-2. The van der Waals surface area contributed by atoms with E-state index in [1.165, 1.54) is 0 Å². The predicted molar refractivity (Wildman–Crippen MR) is 92.0 cm³/mol. The van der Waals surface area contributed by atoms with Crippen molar-refractivity contribution in [2.24, 2.45) is 0 Å². The molecule has 6 N–H and O–H groups in total. The van der Waals surface area contributed by atoms with Crippen LogP contribution in [0, 0.1) is 49.4 Å². The molecule has 135 valence electrons. The number of hydrogen-bond donors (Lipinski definition) is 6. The van der Waals surface area contributed by atoms with Crippen LogP contribution in [0.4, 0.5) is 0 Å². The Morgan fingerprint density at radius 2 is 0.808 bits per heavy atom. The monoisotopic (exact) mass is 611 g/mol. The third kappa shape index (κ3) is 7.99. The van der Waals surface area contributed by atoms with E-state index in [1.54, 1.807) is 0 Å². The number of phenolic OH excluding ortho intramolecular Hbond substituents is 6. The second-order valence-electron chi connectivity index (χ2n) is 4.30. The van der Waals surface area contributed by atoms with Gasteiger partial charge in [-0.1, -0.05) is 0 Å². The smallest absolute Gasteiger partial charge is 0.737 e. The SMILES string of the molecule is O=C([S-])c1cc(O)c(O)c(O)c1.O=C([S-])c1cc(O)c(O)c(O)c1.[Eu].[Sr+2]. The molecule has 0 atom stereocenters. The summed E-state index contributed by atoms with van der Waals surface area (Å²) in [6.07, 6.45) is 0. The van der Waals surface area contributed by atoms with Gasteiger partial charge in [0.25, 0.3) is 0 Å². The normalized spacial score (nSPS) is 8.92. The molecule has 0 aliphatic heterocycles. The van der Waals surface area contributed by atoms with E-state index in [2.05, 4.69) is 25.3 Å². The summed E-state index contributed by atoms with van der Waals surface area (Å²) >= 11 is 8.53. The summed E-state index contributed by atoms with van der Waals surface area (Å²) in [6, 6.07) is 3.96. The minimum absolute atomic E-state index is 0. The molecule has 0 heterocycles. The fraction of sp³-hybridized carbons (Fsp3) is 0. The van der Waals surface area contributed by atoms with Crippen molar-refractivity contribution in [2.45, 2.75) is 0 Å². The van der Waals surface area contributed by atoms with Crippen molar-refractivity contribution in [1.82, 2.24) is 0 Å². The Hall–Kier alpha value is 0.0849. The third-order valence-corrected chi connectivity index (χ3v) is 3.08. The van der Waals surface area contributed by atoms with E-state index < -0.39 is 44.7 Å². The number of rotatable bonds is 2. The Morgan fingerprint density at radius 3 is 0.962 bits per heavy atom. The second kappa shape index (κ2) is 12.5. The van der Waals surface area contributed by atoms with E-state index in [4.69, 9.17) is 30.6 Å². The minimum Gasteiger partial charge on any atom is -0.737 e. The number of benzene rings is 2. The van der Waals surface area contributed by atoms with E-state index in [0.29, 0.717) is 0 Å². The van der Waals surface area contributed by atoms with Crippen LogP contribution in [0.1, 0.15) is 20.7 Å². The molecule has 0 aliphatic carbocycles. The molecule has 1 radical (unpaired) electrons. The summed E-state index contributed by atoms with van der Waals surface area (Å²) in [5.41, 5.74) is -0.0596. The molecule has 0 saturated carbocycles. The van der Waals surface area contributed by atoms with Gasteiger partial charge in [0.15, 0.2) is 34.5 Å². The van der Waals surface area contributed by atoms with E-state index in [0.717, 1.165) is 24.3 Å². The third-order valence-electron chi connectivity index (χ3n) is 2.61. The molecule has 0 bridgehead atoms. The van der Waals surface area contributed by atoms with E-state index in [-0.39, 0.29) is 106 Å². The van der Waals surface area contributed by atoms with Crippen molar-refractivity contribution in [3.8, 4) is 34.5 Å². The van der Waals surface area contributed by atoms with Crippen LogP contribution in [0.15, 0.2) is 24.3 Å². The number of carbonyl (C=O) groups is 2. The fourth-order valence-corrected chi connectivity index (χ4v) is 1.68. The summed E-state index contributed by atoms with van der Waals surface area (Å²) in [6.45, 7) is 0. The average molecular weight is 610 g/mol. The van der Waals surface area contributed by atoms with Gasteiger partial charge < -0.3 is 65.5 Å². The molecule has 2 aromatic carbocycles. The number of phenols is 6. The van der Waals surface area contributed by atoms with E-state index in [9.17, 15) is 9.59 Å². The summed E-state index contributed by atoms with van der Waals surface area (Å²) < 4.78 is 0. The number of carbonyl (C=O) groups excluding carboxylic acids is 2. The van der Waals surface area contributed by atoms with Crippen LogP contribution >= 0.6 is 0 Å². The van der Waals surface area contributed by atoms with Gasteiger partial charge in [0.2, 0.25) is 0 Å². The summed E-state index contributed by atoms with van der Waals surface area (Å²) in [7, 11) is 0. The molecule has 0 amide bonds. The first-order valence-corrected chi connectivity index (χ1v) is 6.78. The maximum atomic E-state index is 10.6. The maximum Gasteiger partial charge on any atom is 2.00 e. The molecule has 0 spiro atoms. The van der Waals surface area contributed by atoms with Crippen LogP contribution in [0.2, 0.25) is 0 Å². The first-order valence-electron chi connectivity index (χ1n) is 5.97. The fourth-order valence-electron chi connectivity index (χ4n) is 1.44. The van der Waals surface area contributed by atoms with E-state index in [1.807, 2.05) is 0 Å². The number of hydrogen-bond acceptors (Lipinski definition) is 10. The van der Waals surface area contributed by atoms with Crippen molar-refractivity contribution in [3.63, 3.8) is 0 Å². The molecule has 2 rings (SSSR count). The van der Waals surface area contributed by atoms with Crippen molar-refractivity contribution in [2.75, 3.05) is 0 Å². The van der Waals surface area contributed by atoms with Gasteiger partial charge in [-0.15, -0.1) is 0 Å². The molecular weight excluding hydrogens is 600 g/mol. The molecular formula is C14H10EuO8S2Sr. The molecule has 0 saturated heterocycles. The molecule has 0 aromatic heterocycles. The van der Waals surface area contributed by atoms with Crippen molar-refractivity contribution in [3.05, 3.63) is 35.4 Å². The zero-order valence-electron chi connectivity index (χ0n) is 12.7. The quantitative estimate of drug-likeness (QED) is 0.162. The molecule has 0 fully saturated rings. The van der Waals surface area contributed by atoms with Crippen LogP contribution in [0.5, 0.6) is 34.5 Å². The molecule has 8 nitrogen and oxygen atoms in total. The summed E-state index contributed by atoms with van der Waals surface area (Å²) in [5, 5.41) is 52.0. The second-order valence-corrected chi connectivity index (χ2v) is 5.04. The van der Waals surface area contributed by atoms with Crippen molar-refractivity contribution >= 4 is 81.0 Å². The Kier molecular flexibility index (Phi) is 13.6. The Morgan fingerprint density at radius 1 is 0.615 bits per heavy atom. The predicted octanol–water partition coefficient (Wildman–Crippen LogP) is 0.600. The van der Waals surface area contributed by atoms with Crippen LogP contribution in [-0.2, 0) is 25.3 Å². The zero-order chi connectivity index (χ0) is 18.6. The van der Waals surface area contributed by atoms with Gasteiger partial charge >= 0.3 is 45.5 Å².